The molecule has 5 heteroatoms. The van der Waals surface area contributed by atoms with Crippen LogP contribution in [0.4, 0.5) is 0 Å². The summed E-state index contributed by atoms with van der Waals surface area (Å²) in [5.74, 6) is -0.178. The van der Waals surface area contributed by atoms with Crippen LogP contribution in [-0.4, -0.2) is 30.0 Å². The van der Waals surface area contributed by atoms with E-state index in [2.05, 4.69) is 28.6 Å². The highest BCUT2D eigenvalue weighted by molar-refractivity contribution is 5.83. The molecule has 5 nitrogen and oxygen atoms in total. The Kier molecular flexibility index (Phi) is 7.51. The second kappa shape index (κ2) is 9.87. The van der Waals surface area contributed by atoms with E-state index < -0.39 is 0 Å². The zero-order chi connectivity index (χ0) is 18.1. The van der Waals surface area contributed by atoms with Gasteiger partial charge in [0.05, 0.1) is 6.61 Å². The van der Waals surface area contributed by atoms with E-state index in [0.717, 1.165) is 37.6 Å². The third-order valence-corrected chi connectivity index (χ3v) is 4.46. The number of carbonyl (C=O) groups excluding carboxylic acids is 2. The third kappa shape index (κ3) is 5.93. The van der Waals surface area contributed by atoms with Crippen molar-refractivity contribution in [2.24, 2.45) is 5.92 Å². The zero-order valence-electron chi connectivity index (χ0n) is 15.1. The van der Waals surface area contributed by atoms with Crippen LogP contribution in [0.15, 0.2) is 30.5 Å². The largest absolute Gasteiger partial charge is 0.466 e. The Hall–Kier alpha value is -2.30. The molecule has 136 valence electrons. The molecular weight excluding hydrogens is 316 g/mol. The van der Waals surface area contributed by atoms with Gasteiger partial charge in [0.2, 0.25) is 5.91 Å². The quantitative estimate of drug-likeness (QED) is 0.511. The minimum atomic E-state index is -0.269. The molecule has 0 fully saturated rings. The fraction of sp³-hybridized carbons (Fsp3) is 0.500. The Morgan fingerprint density at radius 2 is 2.04 bits per heavy atom. The molecule has 1 heterocycles. The first-order valence-electron chi connectivity index (χ1n) is 9.08. The number of nitrogens with one attached hydrogen (secondary N) is 2. The van der Waals surface area contributed by atoms with Crippen molar-refractivity contribution in [3.8, 4) is 0 Å². The highest BCUT2D eigenvalue weighted by Gasteiger charge is 2.15. The summed E-state index contributed by atoms with van der Waals surface area (Å²) in [6.07, 6.45) is 6.18. The van der Waals surface area contributed by atoms with E-state index in [9.17, 15) is 9.59 Å². The molecule has 2 N–H and O–H groups in total. The Morgan fingerprint density at radius 1 is 1.24 bits per heavy atom. The Labute approximate surface area is 149 Å². The maximum absolute atomic E-state index is 12.3. The van der Waals surface area contributed by atoms with Crippen LogP contribution in [0.1, 0.15) is 45.1 Å². The number of hydrogen-bond acceptors (Lipinski definition) is 3. The second-order valence-corrected chi connectivity index (χ2v) is 6.34. The predicted octanol–water partition coefficient (Wildman–Crippen LogP) is 3.59. The van der Waals surface area contributed by atoms with Gasteiger partial charge in [-0.3, -0.25) is 9.59 Å². The van der Waals surface area contributed by atoms with Crippen molar-refractivity contribution in [3.05, 3.63) is 36.0 Å². The first-order valence-corrected chi connectivity index (χ1v) is 9.08. The molecular formula is C20H28N2O3. The number of aromatic nitrogens is 1. The van der Waals surface area contributed by atoms with E-state index in [-0.39, 0.29) is 17.8 Å². The number of para-hydroxylation sites is 1. The molecule has 1 aromatic heterocycles. The van der Waals surface area contributed by atoms with Crippen LogP contribution >= 0.6 is 0 Å². The van der Waals surface area contributed by atoms with Crippen molar-refractivity contribution in [1.29, 1.82) is 0 Å². The number of rotatable bonds is 10. The van der Waals surface area contributed by atoms with Crippen LogP contribution < -0.4 is 5.32 Å². The molecule has 1 unspecified atom stereocenters. The van der Waals surface area contributed by atoms with Gasteiger partial charge in [-0.25, -0.2) is 0 Å². The van der Waals surface area contributed by atoms with Crippen LogP contribution in [0.25, 0.3) is 10.9 Å². The number of H-pyrrole nitrogens is 1. The number of aryl methyl sites for hydroxylation is 1. The summed E-state index contributed by atoms with van der Waals surface area (Å²) in [4.78, 5) is 26.3. The lowest BCUT2D eigenvalue weighted by molar-refractivity contribution is -0.141. The van der Waals surface area contributed by atoms with E-state index >= 15 is 0 Å². The summed E-state index contributed by atoms with van der Waals surface area (Å²) in [5.41, 5.74) is 2.44. The number of aromatic amines is 1. The van der Waals surface area contributed by atoms with Gasteiger partial charge in [0.25, 0.3) is 0 Å². The molecule has 0 spiro atoms. The number of esters is 1. The third-order valence-electron chi connectivity index (χ3n) is 4.46. The number of amides is 1. The van der Waals surface area contributed by atoms with Gasteiger partial charge in [0.15, 0.2) is 0 Å². The molecule has 25 heavy (non-hydrogen) atoms. The molecule has 0 saturated carbocycles. The summed E-state index contributed by atoms with van der Waals surface area (Å²) in [5, 5.41) is 4.29. The molecule has 1 amide bonds. The Bertz CT molecular complexity index is 693. The molecule has 0 aliphatic carbocycles. The summed E-state index contributed by atoms with van der Waals surface area (Å²) >= 11 is 0. The van der Waals surface area contributed by atoms with E-state index in [1.165, 1.54) is 17.9 Å². The Morgan fingerprint density at radius 3 is 2.80 bits per heavy atom. The van der Waals surface area contributed by atoms with E-state index in [4.69, 9.17) is 4.74 Å². The maximum Gasteiger partial charge on any atom is 0.302 e. The molecule has 0 bridgehead atoms. The second-order valence-electron chi connectivity index (χ2n) is 6.34. The molecule has 1 atom stereocenters. The lowest BCUT2D eigenvalue weighted by atomic mass is 9.99. The minimum Gasteiger partial charge on any atom is -0.466 e. The van der Waals surface area contributed by atoms with Crippen LogP contribution in [0.5, 0.6) is 0 Å². The highest BCUT2D eigenvalue weighted by atomic mass is 16.5. The fourth-order valence-corrected chi connectivity index (χ4v) is 3.04. The molecule has 0 saturated heterocycles. The predicted molar refractivity (Wildman–Crippen MR) is 99.3 cm³/mol. The van der Waals surface area contributed by atoms with Crippen molar-refractivity contribution in [2.45, 2.75) is 46.0 Å². The standard InChI is InChI=1S/C20H28N2O3/c1-3-16(9-7-13-25-15(2)23)20(24)21-12-6-8-17-14-22-19-11-5-4-10-18(17)19/h4-5,10-11,14,16,22H,3,6-9,12-13H2,1-2H3,(H,21,24). The van der Waals surface area contributed by atoms with E-state index in [0.29, 0.717) is 13.2 Å². The van der Waals surface area contributed by atoms with Gasteiger partial charge in [-0.2, -0.15) is 0 Å². The number of carbonyl (C=O) groups is 2. The summed E-state index contributed by atoms with van der Waals surface area (Å²) in [6.45, 7) is 4.48. The first kappa shape index (κ1) is 19.0. The normalized spacial score (nSPS) is 12.1. The highest BCUT2D eigenvalue weighted by Crippen LogP contribution is 2.18. The fourth-order valence-electron chi connectivity index (χ4n) is 3.04. The number of fused-ring (bicyclic) bond motifs is 1. The minimum absolute atomic E-state index is 0.0105. The van der Waals surface area contributed by atoms with Crippen molar-refractivity contribution in [3.63, 3.8) is 0 Å². The number of hydrogen-bond donors (Lipinski definition) is 2. The topological polar surface area (TPSA) is 71.2 Å². The molecule has 2 aromatic rings. The lowest BCUT2D eigenvalue weighted by Gasteiger charge is -2.14. The van der Waals surface area contributed by atoms with Crippen LogP contribution in [0.2, 0.25) is 0 Å². The average Bonchev–Trinajstić information content (AvgIpc) is 3.01. The van der Waals surface area contributed by atoms with E-state index in [1.54, 1.807) is 0 Å². The molecule has 1 aromatic carbocycles. The lowest BCUT2D eigenvalue weighted by Crippen LogP contribution is -2.31. The van der Waals surface area contributed by atoms with Gasteiger partial charge in [-0.05, 0) is 43.7 Å². The average molecular weight is 344 g/mol. The smallest absolute Gasteiger partial charge is 0.302 e. The van der Waals surface area contributed by atoms with Crippen molar-refractivity contribution >= 4 is 22.8 Å². The first-order chi connectivity index (χ1) is 12.1. The zero-order valence-corrected chi connectivity index (χ0v) is 15.1. The Balaban J connectivity index is 1.69. The van der Waals surface area contributed by atoms with Crippen LogP contribution in [0, 0.1) is 5.92 Å². The van der Waals surface area contributed by atoms with Gasteiger partial charge in [0.1, 0.15) is 0 Å². The van der Waals surface area contributed by atoms with Gasteiger partial charge < -0.3 is 15.0 Å². The van der Waals surface area contributed by atoms with Crippen LogP contribution in [-0.2, 0) is 20.7 Å². The summed E-state index contributed by atoms with van der Waals surface area (Å²) < 4.78 is 4.92. The monoisotopic (exact) mass is 344 g/mol. The molecule has 0 radical (unpaired) electrons. The van der Waals surface area contributed by atoms with Crippen LogP contribution in [0.3, 0.4) is 0 Å². The van der Waals surface area contributed by atoms with Gasteiger partial charge in [-0.1, -0.05) is 25.1 Å². The molecule has 0 aliphatic heterocycles. The summed E-state index contributed by atoms with van der Waals surface area (Å²) in [6, 6.07) is 8.26. The van der Waals surface area contributed by atoms with E-state index in [1.807, 2.05) is 19.1 Å². The van der Waals surface area contributed by atoms with Gasteiger partial charge >= 0.3 is 5.97 Å². The van der Waals surface area contributed by atoms with Crippen molar-refractivity contribution in [1.82, 2.24) is 10.3 Å². The van der Waals surface area contributed by atoms with Gasteiger partial charge in [0, 0.05) is 36.5 Å². The van der Waals surface area contributed by atoms with Crippen molar-refractivity contribution in [2.75, 3.05) is 13.2 Å². The van der Waals surface area contributed by atoms with Crippen molar-refractivity contribution < 1.29 is 14.3 Å². The maximum atomic E-state index is 12.3. The number of ether oxygens (including phenoxy) is 1. The summed E-state index contributed by atoms with van der Waals surface area (Å²) in [7, 11) is 0. The molecule has 0 aliphatic rings. The van der Waals surface area contributed by atoms with Gasteiger partial charge in [-0.15, -0.1) is 0 Å². The SMILES string of the molecule is CCC(CCCOC(C)=O)C(=O)NCCCc1c[nH]c2ccccc12. The number of benzene rings is 1. The molecule has 2 rings (SSSR count).